The van der Waals surface area contributed by atoms with Gasteiger partial charge in [0.15, 0.2) is 0 Å². The molecular formula is C14H24O. The second-order valence-corrected chi connectivity index (χ2v) is 3.77. The van der Waals surface area contributed by atoms with Crippen molar-refractivity contribution in [2.45, 2.75) is 58.3 Å². The van der Waals surface area contributed by atoms with Crippen LogP contribution in [0.3, 0.4) is 0 Å². The summed E-state index contributed by atoms with van der Waals surface area (Å²) in [5.41, 5.74) is 0. The summed E-state index contributed by atoms with van der Waals surface area (Å²) in [7, 11) is 0. The summed E-state index contributed by atoms with van der Waals surface area (Å²) >= 11 is 0. The topological polar surface area (TPSA) is 17.1 Å². The zero-order valence-corrected chi connectivity index (χ0v) is 9.95. The average molecular weight is 208 g/mol. The number of hydrogen-bond acceptors (Lipinski definition) is 1. The maximum atomic E-state index is 10.0. The Balaban J connectivity index is 3.17. The third-order valence-electron chi connectivity index (χ3n) is 2.27. The van der Waals surface area contributed by atoms with Gasteiger partial charge >= 0.3 is 0 Å². The summed E-state index contributed by atoms with van der Waals surface area (Å²) in [5, 5.41) is 0. The van der Waals surface area contributed by atoms with Crippen molar-refractivity contribution < 1.29 is 4.79 Å². The first-order valence-corrected chi connectivity index (χ1v) is 6.15. The van der Waals surface area contributed by atoms with Crippen LogP contribution in [-0.2, 0) is 4.79 Å². The van der Waals surface area contributed by atoms with E-state index in [4.69, 9.17) is 0 Å². The van der Waals surface area contributed by atoms with Gasteiger partial charge in [-0.3, -0.25) is 0 Å². The summed E-state index contributed by atoms with van der Waals surface area (Å²) in [5.74, 6) is 0. The maximum absolute atomic E-state index is 10.0. The van der Waals surface area contributed by atoms with E-state index in [2.05, 4.69) is 31.2 Å². The Morgan fingerprint density at radius 1 is 0.800 bits per heavy atom. The predicted octanol–water partition coefficient (Wildman–Crippen LogP) is 4.44. The molecule has 0 aromatic carbocycles. The molecule has 0 N–H and O–H groups in total. The molecule has 0 rings (SSSR count). The standard InChI is InChI=1S/C14H24O/c1-2-3-4-5-6-7-8-9-10-11-12-13-14-15/h6-7,9-10,14H,2-5,8,11-13H2,1H3. The number of allylic oxidation sites excluding steroid dienone is 4. The van der Waals surface area contributed by atoms with Crippen molar-refractivity contribution in [3.63, 3.8) is 0 Å². The third kappa shape index (κ3) is 13.2. The minimum Gasteiger partial charge on any atom is -0.303 e. The van der Waals surface area contributed by atoms with Crippen molar-refractivity contribution in [3.05, 3.63) is 24.3 Å². The first-order chi connectivity index (χ1) is 7.41. The van der Waals surface area contributed by atoms with Gasteiger partial charge in [0.25, 0.3) is 0 Å². The van der Waals surface area contributed by atoms with Crippen LogP contribution in [0, 0.1) is 0 Å². The van der Waals surface area contributed by atoms with E-state index in [9.17, 15) is 4.79 Å². The van der Waals surface area contributed by atoms with Crippen molar-refractivity contribution in [1.29, 1.82) is 0 Å². The highest BCUT2D eigenvalue weighted by atomic mass is 16.1. The van der Waals surface area contributed by atoms with Crippen LogP contribution in [0.1, 0.15) is 58.3 Å². The largest absolute Gasteiger partial charge is 0.303 e. The molecule has 0 spiro atoms. The predicted molar refractivity (Wildman–Crippen MR) is 67.0 cm³/mol. The fourth-order valence-corrected chi connectivity index (χ4v) is 1.34. The van der Waals surface area contributed by atoms with Gasteiger partial charge < -0.3 is 4.79 Å². The molecule has 0 heterocycles. The van der Waals surface area contributed by atoms with E-state index in [-0.39, 0.29) is 0 Å². The van der Waals surface area contributed by atoms with Gasteiger partial charge in [0.05, 0.1) is 0 Å². The summed E-state index contributed by atoms with van der Waals surface area (Å²) in [4.78, 5) is 10.0. The molecule has 0 aliphatic heterocycles. The van der Waals surface area contributed by atoms with Crippen LogP contribution in [0.25, 0.3) is 0 Å². The van der Waals surface area contributed by atoms with Gasteiger partial charge in [-0.1, -0.05) is 44.1 Å². The fourth-order valence-electron chi connectivity index (χ4n) is 1.34. The van der Waals surface area contributed by atoms with Crippen molar-refractivity contribution in [2.24, 2.45) is 0 Å². The molecule has 1 heteroatoms. The van der Waals surface area contributed by atoms with E-state index in [1.54, 1.807) is 0 Å². The van der Waals surface area contributed by atoms with Crippen LogP contribution >= 0.6 is 0 Å². The molecule has 0 aliphatic carbocycles. The highest BCUT2D eigenvalue weighted by Crippen LogP contribution is 2.01. The molecule has 0 saturated heterocycles. The van der Waals surface area contributed by atoms with Gasteiger partial charge in [-0.15, -0.1) is 0 Å². The van der Waals surface area contributed by atoms with Crippen molar-refractivity contribution in [1.82, 2.24) is 0 Å². The third-order valence-corrected chi connectivity index (χ3v) is 2.27. The lowest BCUT2D eigenvalue weighted by Crippen LogP contribution is -1.73. The second-order valence-electron chi connectivity index (χ2n) is 3.77. The molecule has 86 valence electrons. The molecule has 0 aromatic heterocycles. The maximum Gasteiger partial charge on any atom is 0.120 e. The summed E-state index contributed by atoms with van der Waals surface area (Å²) in [6.45, 7) is 2.23. The molecule has 0 aromatic rings. The van der Waals surface area contributed by atoms with E-state index in [1.807, 2.05) is 0 Å². The van der Waals surface area contributed by atoms with E-state index in [0.29, 0.717) is 6.42 Å². The Morgan fingerprint density at radius 2 is 1.47 bits per heavy atom. The number of carbonyl (C=O) groups excluding carboxylic acids is 1. The summed E-state index contributed by atoms with van der Waals surface area (Å²) < 4.78 is 0. The molecule has 15 heavy (non-hydrogen) atoms. The average Bonchev–Trinajstić information content (AvgIpc) is 2.26. The quantitative estimate of drug-likeness (QED) is 0.295. The van der Waals surface area contributed by atoms with Crippen LogP contribution in [0.2, 0.25) is 0 Å². The number of unbranched alkanes of at least 4 members (excludes halogenated alkanes) is 5. The van der Waals surface area contributed by atoms with Crippen LogP contribution < -0.4 is 0 Å². The lowest BCUT2D eigenvalue weighted by atomic mass is 10.2. The molecule has 0 unspecified atom stereocenters. The molecule has 1 nitrogen and oxygen atoms in total. The Labute approximate surface area is 94.3 Å². The SMILES string of the molecule is CCCCCC=CCC=CCCCC=O. The Hall–Kier alpha value is -0.850. The molecule has 0 atom stereocenters. The highest BCUT2D eigenvalue weighted by Gasteiger charge is 1.82. The number of carbonyl (C=O) groups is 1. The van der Waals surface area contributed by atoms with E-state index in [1.165, 1.54) is 25.7 Å². The van der Waals surface area contributed by atoms with Crippen LogP contribution in [0.4, 0.5) is 0 Å². The first-order valence-electron chi connectivity index (χ1n) is 6.15. The highest BCUT2D eigenvalue weighted by molar-refractivity contribution is 5.48. The van der Waals surface area contributed by atoms with Gasteiger partial charge in [-0.2, -0.15) is 0 Å². The molecule has 0 saturated carbocycles. The van der Waals surface area contributed by atoms with Crippen LogP contribution in [-0.4, -0.2) is 6.29 Å². The van der Waals surface area contributed by atoms with Gasteiger partial charge in [0, 0.05) is 6.42 Å². The van der Waals surface area contributed by atoms with Gasteiger partial charge in [0.1, 0.15) is 6.29 Å². The molecule has 0 bridgehead atoms. The molecule has 0 aliphatic rings. The number of aldehydes is 1. The van der Waals surface area contributed by atoms with Crippen molar-refractivity contribution in [2.75, 3.05) is 0 Å². The molecular weight excluding hydrogens is 184 g/mol. The fraction of sp³-hybridized carbons (Fsp3) is 0.643. The Bertz CT molecular complexity index is 180. The Kier molecular flexibility index (Phi) is 12.4. The zero-order valence-electron chi connectivity index (χ0n) is 9.95. The first kappa shape index (κ1) is 14.2. The molecule has 0 amide bonds. The van der Waals surface area contributed by atoms with Crippen LogP contribution in [0.15, 0.2) is 24.3 Å². The van der Waals surface area contributed by atoms with Gasteiger partial charge in [-0.05, 0) is 32.1 Å². The van der Waals surface area contributed by atoms with Crippen molar-refractivity contribution in [3.8, 4) is 0 Å². The lowest BCUT2D eigenvalue weighted by Gasteiger charge is -1.91. The summed E-state index contributed by atoms with van der Waals surface area (Å²) in [6.07, 6.45) is 18.7. The van der Waals surface area contributed by atoms with Crippen LogP contribution in [0.5, 0.6) is 0 Å². The number of hydrogen-bond donors (Lipinski definition) is 0. The Morgan fingerprint density at radius 3 is 2.07 bits per heavy atom. The lowest BCUT2D eigenvalue weighted by molar-refractivity contribution is -0.107. The minimum absolute atomic E-state index is 0.692. The van der Waals surface area contributed by atoms with Crippen molar-refractivity contribution >= 4 is 6.29 Å². The van der Waals surface area contributed by atoms with E-state index >= 15 is 0 Å². The second kappa shape index (κ2) is 13.2. The van der Waals surface area contributed by atoms with Gasteiger partial charge in [-0.25, -0.2) is 0 Å². The van der Waals surface area contributed by atoms with E-state index in [0.717, 1.165) is 25.5 Å². The monoisotopic (exact) mass is 208 g/mol. The smallest absolute Gasteiger partial charge is 0.120 e. The normalized spacial score (nSPS) is 11.5. The minimum atomic E-state index is 0.692. The molecule has 0 radical (unpaired) electrons. The van der Waals surface area contributed by atoms with Gasteiger partial charge in [0.2, 0.25) is 0 Å². The zero-order chi connectivity index (χ0) is 11.2. The summed E-state index contributed by atoms with van der Waals surface area (Å²) in [6, 6.07) is 0. The van der Waals surface area contributed by atoms with E-state index < -0.39 is 0 Å². The number of rotatable bonds is 10. The molecule has 0 fully saturated rings.